The number of benzene rings is 1. The van der Waals surface area contributed by atoms with E-state index in [1.54, 1.807) is 6.07 Å². The van der Waals surface area contributed by atoms with Crippen LogP contribution in [0.2, 0.25) is 5.02 Å². The molecule has 0 fully saturated rings. The minimum absolute atomic E-state index is 0.209. The van der Waals surface area contributed by atoms with Gasteiger partial charge in [-0.1, -0.05) is 27.5 Å². The zero-order valence-corrected chi connectivity index (χ0v) is 9.08. The van der Waals surface area contributed by atoms with Crippen molar-refractivity contribution in [2.45, 2.75) is 11.7 Å². The molecule has 0 aromatic heterocycles. The van der Waals surface area contributed by atoms with Gasteiger partial charge >= 0.3 is 6.36 Å². The van der Waals surface area contributed by atoms with E-state index in [0.717, 1.165) is 6.07 Å². The van der Waals surface area contributed by atoms with Crippen molar-refractivity contribution < 1.29 is 17.9 Å². The van der Waals surface area contributed by atoms with Gasteiger partial charge in [0.25, 0.3) is 0 Å². The Balaban J connectivity index is 2.92. The number of hydrogen-bond donors (Lipinski definition) is 0. The highest BCUT2D eigenvalue weighted by Crippen LogP contribution is 2.27. The van der Waals surface area contributed by atoms with E-state index in [0.29, 0.717) is 10.9 Å². The van der Waals surface area contributed by atoms with Crippen LogP contribution in [0.5, 0.6) is 5.75 Å². The first-order valence-electron chi connectivity index (χ1n) is 3.52. The van der Waals surface area contributed by atoms with Crippen LogP contribution in [0.25, 0.3) is 0 Å². The number of hydrogen-bond acceptors (Lipinski definition) is 1. The molecule has 0 aliphatic heterocycles. The summed E-state index contributed by atoms with van der Waals surface area (Å²) in [4.78, 5) is 0. The summed E-state index contributed by atoms with van der Waals surface area (Å²) in [5, 5.41) is 0.628. The zero-order chi connectivity index (χ0) is 10.8. The van der Waals surface area contributed by atoms with Gasteiger partial charge in [0, 0.05) is 10.4 Å². The summed E-state index contributed by atoms with van der Waals surface area (Å²) in [7, 11) is 0. The van der Waals surface area contributed by atoms with E-state index in [9.17, 15) is 13.2 Å². The third-order valence-electron chi connectivity index (χ3n) is 1.32. The van der Waals surface area contributed by atoms with Crippen molar-refractivity contribution in [1.29, 1.82) is 0 Å². The molecular formula is C8H5BrClF3O. The summed E-state index contributed by atoms with van der Waals surface area (Å²) in [6, 6.07) is 3.94. The molecule has 0 aliphatic rings. The molecule has 14 heavy (non-hydrogen) atoms. The van der Waals surface area contributed by atoms with Crippen molar-refractivity contribution in [1.82, 2.24) is 0 Å². The first-order chi connectivity index (χ1) is 6.40. The summed E-state index contributed by atoms with van der Waals surface area (Å²) in [6.07, 6.45) is -4.69. The van der Waals surface area contributed by atoms with E-state index < -0.39 is 6.36 Å². The number of alkyl halides is 4. The summed E-state index contributed by atoms with van der Waals surface area (Å²) in [5.74, 6) is -0.306. The fraction of sp³-hybridized carbons (Fsp3) is 0.250. The van der Waals surface area contributed by atoms with Crippen LogP contribution in [0.3, 0.4) is 0 Å². The van der Waals surface area contributed by atoms with Crippen molar-refractivity contribution in [2.24, 2.45) is 0 Å². The molecule has 1 aromatic carbocycles. The van der Waals surface area contributed by atoms with E-state index in [1.807, 2.05) is 0 Å². The monoisotopic (exact) mass is 288 g/mol. The quantitative estimate of drug-likeness (QED) is 0.744. The third-order valence-corrected chi connectivity index (χ3v) is 2.18. The van der Waals surface area contributed by atoms with Crippen LogP contribution in [0, 0.1) is 0 Å². The molecule has 1 aromatic rings. The molecule has 0 aliphatic carbocycles. The molecule has 0 spiro atoms. The Bertz CT molecular complexity index is 327. The summed E-state index contributed by atoms with van der Waals surface area (Å²) in [6.45, 7) is 0. The Morgan fingerprint density at radius 2 is 1.93 bits per heavy atom. The number of ether oxygens (including phenoxy) is 1. The van der Waals surface area contributed by atoms with Crippen molar-refractivity contribution in [3.05, 3.63) is 28.8 Å². The molecule has 6 heteroatoms. The van der Waals surface area contributed by atoms with Gasteiger partial charge in [0.2, 0.25) is 0 Å². The van der Waals surface area contributed by atoms with Gasteiger partial charge in [-0.2, -0.15) is 0 Å². The van der Waals surface area contributed by atoms with Gasteiger partial charge in [0.15, 0.2) is 0 Å². The van der Waals surface area contributed by atoms with Crippen LogP contribution in [0.15, 0.2) is 18.2 Å². The first-order valence-corrected chi connectivity index (χ1v) is 5.02. The van der Waals surface area contributed by atoms with Crippen LogP contribution < -0.4 is 4.74 Å². The fourth-order valence-electron chi connectivity index (χ4n) is 0.890. The van der Waals surface area contributed by atoms with E-state index >= 15 is 0 Å². The van der Waals surface area contributed by atoms with E-state index in [1.165, 1.54) is 6.07 Å². The largest absolute Gasteiger partial charge is 0.573 e. The van der Waals surface area contributed by atoms with Crippen LogP contribution >= 0.6 is 27.5 Å². The summed E-state index contributed by atoms with van der Waals surface area (Å²) < 4.78 is 39.2. The first kappa shape index (κ1) is 11.7. The second-order valence-corrected chi connectivity index (χ2v) is 3.47. The Morgan fingerprint density at radius 3 is 2.43 bits per heavy atom. The van der Waals surface area contributed by atoms with Gasteiger partial charge in [-0.15, -0.1) is 13.2 Å². The second kappa shape index (κ2) is 4.40. The Hall–Kier alpha value is -0.420. The van der Waals surface area contributed by atoms with Gasteiger partial charge in [0.1, 0.15) is 5.75 Å². The van der Waals surface area contributed by atoms with E-state index in [4.69, 9.17) is 11.6 Å². The van der Waals surface area contributed by atoms with Crippen LogP contribution in [-0.2, 0) is 5.33 Å². The maximum absolute atomic E-state index is 11.8. The topological polar surface area (TPSA) is 9.23 Å². The average Bonchev–Trinajstić information content (AvgIpc) is 1.99. The maximum Gasteiger partial charge on any atom is 0.573 e. The molecule has 0 saturated carbocycles. The lowest BCUT2D eigenvalue weighted by atomic mass is 10.2. The van der Waals surface area contributed by atoms with Crippen molar-refractivity contribution in [2.75, 3.05) is 0 Å². The highest BCUT2D eigenvalue weighted by molar-refractivity contribution is 9.08. The molecule has 1 nitrogen and oxygen atoms in total. The highest BCUT2D eigenvalue weighted by atomic mass is 79.9. The van der Waals surface area contributed by atoms with Gasteiger partial charge in [0.05, 0.1) is 0 Å². The molecule has 0 amide bonds. The van der Waals surface area contributed by atoms with Crippen molar-refractivity contribution in [3.8, 4) is 5.75 Å². The fourth-order valence-corrected chi connectivity index (χ4v) is 1.46. The van der Waals surface area contributed by atoms with Crippen LogP contribution in [0.1, 0.15) is 5.56 Å². The Labute approximate surface area is 91.9 Å². The van der Waals surface area contributed by atoms with E-state index in [-0.39, 0.29) is 10.8 Å². The minimum atomic E-state index is -4.69. The van der Waals surface area contributed by atoms with Gasteiger partial charge in [-0.3, -0.25) is 0 Å². The van der Waals surface area contributed by atoms with Crippen molar-refractivity contribution in [3.63, 3.8) is 0 Å². The molecule has 0 heterocycles. The number of rotatable bonds is 2. The Morgan fingerprint density at radius 1 is 1.29 bits per heavy atom. The maximum atomic E-state index is 11.8. The summed E-state index contributed by atoms with van der Waals surface area (Å²) in [5.41, 5.74) is 0.622. The molecule has 0 saturated heterocycles. The van der Waals surface area contributed by atoms with Crippen LogP contribution in [-0.4, -0.2) is 6.36 Å². The van der Waals surface area contributed by atoms with Crippen LogP contribution in [0.4, 0.5) is 13.2 Å². The molecule has 0 atom stereocenters. The summed E-state index contributed by atoms with van der Waals surface area (Å²) >= 11 is 8.70. The van der Waals surface area contributed by atoms with Gasteiger partial charge in [-0.05, 0) is 23.8 Å². The van der Waals surface area contributed by atoms with Gasteiger partial charge < -0.3 is 4.74 Å². The number of halogens is 5. The van der Waals surface area contributed by atoms with Gasteiger partial charge in [-0.25, -0.2) is 0 Å². The van der Waals surface area contributed by atoms with E-state index in [2.05, 4.69) is 20.7 Å². The third kappa shape index (κ3) is 3.75. The molecule has 0 unspecified atom stereocenters. The highest BCUT2D eigenvalue weighted by Gasteiger charge is 2.31. The lowest BCUT2D eigenvalue weighted by molar-refractivity contribution is -0.274. The molecule has 0 bridgehead atoms. The second-order valence-electron chi connectivity index (χ2n) is 2.48. The van der Waals surface area contributed by atoms with Crippen molar-refractivity contribution >= 4 is 27.5 Å². The smallest absolute Gasteiger partial charge is 0.406 e. The standard InChI is InChI=1S/C8H5BrClF3O/c9-4-5-1-6(10)3-7(2-5)14-8(11,12)13/h1-3H,4H2. The molecule has 1 rings (SSSR count). The predicted octanol–water partition coefficient (Wildman–Crippen LogP) is 4.13. The predicted molar refractivity (Wildman–Crippen MR) is 50.8 cm³/mol. The molecule has 78 valence electrons. The molecular weight excluding hydrogens is 284 g/mol. The average molecular weight is 289 g/mol. The lowest BCUT2D eigenvalue weighted by Gasteiger charge is -2.09. The molecule has 0 radical (unpaired) electrons. The lowest BCUT2D eigenvalue weighted by Crippen LogP contribution is -2.17. The minimum Gasteiger partial charge on any atom is -0.406 e. The zero-order valence-electron chi connectivity index (χ0n) is 6.74. The SMILES string of the molecule is FC(F)(F)Oc1cc(Cl)cc(CBr)c1. The normalized spacial score (nSPS) is 11.5. The Kier molecular flexibility index (Phi) is 3.66. The molecule has 0 N–H and O–H groups in total.